The predicted octanol–water partition coefficient (Wildman–Crippen LogP) is 6.88. The van der Waals surface area contributed by atoms with Crippen LogP contribution in [0.25, 0.3) is 0 Å². The molecule has 0 saturated heterocycles. The Kier molecular flexibility index (Phi) is 18.7. The summed E-state index contributed by atoms with van der Waals surface area (Å²) in [6.45, 7) is 16.7. The van der Waals surface area contributed by atoms with E-state index in [0.717, 1.165) is 43.6 Å². The number of unbranched alkanes of at least 4 members (excludes halogenated alkanes) is 2. The molecule has 55 heavy (non-hydrogen) atoms. The van der Waals surface area contributed by atoms with Crippen molar-refractivity contribution in [3.63, 3.8) is 0 Å². The molecule has 12 heteroatoms. The zero-order valence-electron chi connectivity index (χ0n) is 34.9. The Morgan fingerprint density at radius 2 is 1.51 bits per heavy atom. The molecule has 3 rings (SSSR count). The van der Waals surface area contributed by atoms with Crippen LogP contribution in [0.15, 0.2) is 36.7 Å². The summed E-state index contributed by atoms with van der Waals surface area (Å²) in [6, 6.07) is 6.25. The molecule has 1 heterocycles. The maximum absolute atomic E-state index is 13.9. The molecule has 12 nitrogen and oxygen atoms in total. The Morgan fingerprint density at radius 3 is 2.15 bits per heavy atom. The van der Waals surface area contributed by atoms with E-state index in [0.29, 0.717) is 38.3 Å². The minimum absolute atomic E-state index is 0.0544. The van der Waals surface area contributed by atoms with Gasteiger partial charge in [-0.3, -0.25) is 14.4 Å². The number of aromatic nitrogens is 2. The smallest absolute Gasteiger partial charge is 0.407 e. The van der Waals surface area contributed by atoms with Crippen molar-refractivity contribution in [3.8, 4) is 0 Å². The summed E-state index contributed by atoms with van der Waals surface area (Å²) in [5, 5.41) is 11.7. The molecule has 4 N–H and O–H groups in total. The Balaban J connectivity index is 1.61. The number of imidazole rings is 1. The van der Waals surface area contributed by atoms with Crippen molar-refractivity contribution in [2.45, 2.75) is 168 Å². The lowest BCUT2D eigenvalue weighted by Gasteiger charge is -2.27. The second-order valence-electron chi connectivity index (χ2n) is 17.1. The van der Waals surface area contributed by atoms with Crippen LogP contribution in [0.1, 0.15) is 142 Å². The highest BCUT2D eigenvalue weighted by Crippen LogP contribution is 2.26. The minimum Gasteiger partial charge on any atom is -0.444 e. The van der Waals surface area contributed by atoms with Crippen molar-refractivity contribution in [1.29, 1.82) is 0 Å². The van der Waals surface area contributed by atoms with Crippen molar-refractivity contribution in [2.24, 2.45) is 5.92 Å². The van der Waals surface area contributed by atoms with Gasteiger partial charge in [-0.15, -0.1) is 0 Å². The highest BCUT2D eigenvalue weighted by Gasteiger charge is 2.30. The van der Waals surface area contributed by atoms with Crippen LogP contribution in [0, 0.1) is 12.8 Å². The first kappa shape index (κ1) is 45.5. The van der Waals surface area contributed by atoms with Gasteiger partial charge in [-0.05, 0) is 117 Å². The van der Waals surface area contributed by atoms with E-state index in [2.05, 4.69) is 43.0 Å². The highest BCUT2D eigenvalue weighted by molar-refractivity contribution is 5.93. The maximum atomic E-state index is 13.9. The molecule has 308 valence electrons. The number of alkyl carbamates (subject to hydrolysis) is 1. The number of hydrogen-bond acceptors (Lipinski definition) is 7. The number of nitrogens with one attached hydrogen (secondary N) is 4. The summed E-state index contributed by atoms with van der Waals surface area (Å²) >= 11 is 0. The number of ether oxygens (including phenoxy) is 2. The molecule has 1 aromatic carbocycles. The molecular weight excluding hydrogens is 697 g/mol. The van der Waals surface area contributed by atoms with Crippen LogP contribution in [0.2, 0.25) is 0 Å². The number of rotatable bonds is 21. The predicted molar refractivity (Wildman–Crippen MR) is 217 cm³/mol. The second kappa shape index (κ2) is 22.6. The Labute approximate surface area is 330 Å². The fraction of sp³-hybridized carbons (Fsp3) is 0.698. The topological polar surface area (TPSA) is 153 Å². The Morgan fingerprint density at radius 1 is 0.818 bits per heavy atom. The van der Waals surface area contributed by atoms with E-state index in [1.54, 1.807) is 20.8 Å². The van der Waals surface area contributed by atoms with Crippen LogP contribution in [-0.2, 0) is 36.8 Å². The highest BCUT2D eigenvalue weighted by atomic mass is 16.6. The van der Waals surface area contributed by atoms with Crippen LogP contribution in [0.4, 0.5) is 4.79 Å². The minimum atomic E-state index is -1.01. The van der Waals surface area contributed by atoms with E-state index in [1.165, 1.54) is 37.7 Å². The molecule has 0 radical (unpaired) electrons. The SMILES string of the molecule is Cc1nccn1CCCCc1ccc(C(C)C(=O)NC(COC(C)(C)C)C(=O)NC(CCCCNC(=O)OC(C)(C)C)C(=O)NCCC2CCCCC2)cc1. The quantitative estimate of drug-likeness (QED) is 0.101. The molecule has 0 spiro atoms. The molecule has 4 amide bonds. The van der Waals surface area contributed by atoms with Gasteiger partial charge in [-0.2, -0.15) is 0 Å². The van der Waals surface area contributed by atoms with Gasteiger partial charge in [0.2, 0.25) is 17.7 Å². The largest absolute Gasteiger partial charge is 0.444 e. The van der Waals surface area contributed by atoms with Crippen LogP contribution < -0.4 is 21.3 Å². The Bertz CT molecular complexity index is 1470. The zero-order valence-corrected chi connectivity index (χ0v) is 34.9. The zero-order chi connectivity index (χ0) is 40.4. The molecule has 0 aliphatic heterocycles. The molecule has 0 bridgehead atoms. The number of hydrogen-bond donors (Lipinski definition) is 4. The van der Waals surface area contributed by atoms with E-state index >= 15 is 0 Å². The van der Waals surface area contributed by atoms with Gasteiger partial charge in [0.25, 0.3) is 0 Å². The molecule has 1 saturated carbocycles. The van der Waals surface area contributed by atoms with Gasteiger partial charge in [0.1, 0.15) is 23.5 Å². The summed E-state index contributed by atoms with van der Waals surface area (Å²) in [5.41, 5.74) is 0.903. The van der Waals surface area contributed by atoms with Crippen molar-refractivity contribution in [1.82, 2.24) is 30.8 Å². The lowest BCUT2D eigenvalue weighted by molar-refractivity contribution is -0.135. The lowest BCUT2D eigenvalue weighted by Crippen LogP contribution is -2.56. The van der Waals surface area contributed by atoms with Gasteiger partial charge in [0.05, 0.1) is 18.1 Å². The Hall–Kier alpha value is -3.93. The van der Waals surface area contributed by atoms with Crippen molar-refractivity contribution in [3.05, 3.63) is 53.6 Å². The summed E-state index contributed by atoms with van der Waals surface area (Å²) < 4.78 is 13.5. The monoisotopic (exact) mass is 767 g/mol. The van der Waals surface area contributed by atoms with E-state index < -0.39 is 41.2 Å². The third-order valence-electron chi connectivity index (χ3n) is 10.0. The summed E-state index contributed by atoms with van der Waals surface area (Å²) in [6.07, 6.45) is 14.9. The van der Waals surface area contributed by atoms with Gasteiger partial charge in [0.15, 0.2) is 0 Å². The fourth-order valence-electron chi connectivity index (χ4n) is 6.71. The molecule has 1 fully saturated rings. The standard InChI is InChI=1S/C43H70N6O6/c1-31(35-22-20-34(21-23-35)18-13-15-28-49-29-27-44-32(49)2)38(50)48-37(30-54-42(3,4)5)40(52)47-36(19-12-14-25-46-41(53)55-43(6,7)8)39(51)45-26-24-33-16-10-9-11-17-33/h20-23,27,29,31,33,36-37H,9-19,24-26,28,30H2,1-8H3,(H,45,51)(H,46,53)(H,47,52)(H,48,50). The molecule has 3 unspecified atom stereocenters. The van der Waals surface area contributed by atoms with Gasteiger partial charge in [0, 0.05) is 32.0 Å². The molecular formula is C43H70N6O6. The van der Waals surface area contributed by atoms with E-state index in [9.17, 15) is 19.2 Å². The summed E-state index contributed by atoms with van der Waals surface area (Å²) in [5.74, 6) is 0.0772. The third-order valence-corrected chi connectivity index (χ3v) is 10.0. The average molecular weight is 767 g/mol. The van der Waals surface area contributed by atoms with Gasteiger partial charge >= 0.3 is 6.09 Å². The van der Waals surface area contributed by atoms with Crippen LogP contribution >= 0.6 is 0 Å². The fourth-order valence-corrected chi connectivity index (χ4v) is 6.71. The van der Waals surface area contributed by atoms with Crippen LogP contribution in [-0.4, -0.2) is 76.3 Å². The molecule has 2 aromatic rings. The van der Waals surface area contributed by atoms with Gasteiger partial charge < -0.3 is 35.3 Å². The van der Waals surface area contributed by atoms with Crippen molar-refractivity contribution >= 4 is 23.8 Å². The normalized spacial score (nSPS) is 15.4. The van der Waals surface area contributed by atoms with Crippen LogP contribution in [0.5, 0.6) is 0 Å². The number of nitrogens with zero attached hydrogens (tertiary/aromatic N) is 2. The molecule has 3 atom stereocenters. The molecule has 1 aromatic heterocycles. The summed E-state index contributed by atoms with van der Waals surface area (Å²) in [4.78, 5) is 57.5. The van der Waals surface area contributed by atoms with Gasteiger partial charge in [-0.25, -0.2) is 9.78 Å². The second-order valence-corrected chi connectivity index (χ2v) is 17.1. The van der Waals surface area contributed by atoms with E-state index in [-0.39, 0.29) is 18.4 Å². The first-order valence-corrected chi connectivity index (χ1v) is 20.6. The van der Waals surface area contributed by atoms with E-state index in [1.807, 2.05) is 59.1 Å². The first-order chi connectivity index (χ1) is 26.0. The average Bonchev–Trinajstić information content (AvgIpc) is 3.54. The number of carbonyl (C=O) groups excluding carboxylic acids is 4. The molecule has 1 aliphatic rings. The van der Waals surface area contributed by atoms with E-state index in [4.69, 9.17) is 9.47 Å². The number of aryl methyl sites for hydroxylation is 3. The summed E-state index contributed by atoms with van der Waals surface area (Å²) in [7, 11) is 0. The number of amides is 4. The van der Waals surface area contributed by atoms with Crippen LogP contribution in [0.3, 0.4) is 0 Å². The van der Waals surface area contributed by atoms with Crippen molar-refractivity contribution in [2.75, 3.05) is 19.7 Å². The number of benzene rings is 1. The lowest BCUT2D eigenvalue weighted by atomic mass is 9.87. The third kappa shape index (κ3) is 18.0. The maximum Gasteiger partial charge on any atom is 0.407 e. The van der Waals surface area contributed by atoms with Gasteiger partial charge in [-0.1, -0.05) is 56.4 Å². The first-order valence-electron chi connectivity index (χ1n) is 20.6. The number of carbonyl (C=O) groups is 4. The van der Waals surface area contributed by atoms with Crippen molar-refractivity contribution < 1.29 is 28.7 Å². The molecule has 1 aliphatic carbocycles.